The van der Waals surface area contributed by atoms with Crippen molar-refractivity contribution in [3.63, 3.8) is 0 Å². The van der Waals surface area contributed by atoms with E-state index in [1.165, 1.54) is 0 Å². The number of pyridine rings is 2. The average Bonchev–Trinajstić information content (AvgIpc) is 2.87. The van der Waals surface area contributed by atoms with E-state index in [4.69, 9.17) is 4.74 Å². The highest BCUT2D eigenvalue weighted by atomic mass is 19.1. The third-order valence-corrected chi connectivity index (χ3v) is 6.71. The zero-order valence-electron chi connectivity index (χ0n) is 19.9. The molecule has 1 aliphatic rings. The van der Waals surface area contributed by atoms with Crippen LogP contribution in [0.2, 0.25) is 0 Å². The van der Waals surface area contributed by atoms with Crippen LogP contribution >= 0.6 is 0 Å². The van der Waals surface area contributed by atoms with E-state index in [9.17, 15) is 9.90 Å². The molecule has 1 aliphatic heterocycles. The van der Waals surface area contributed by atoms with Crippen LogP contribution in [0.1, 0.15) is 43.1 Å². The number of piperidine rings is 1. The molecule has 3 aromatic rings. The van der Waals surface area contributed by atoms with Gasteiger partial charge in [-0.3, -0.25) is 14.7 Å². The minimum Gasteiger partial charge on any atom is -0.497 e. The number of carboxylic acids is 1. The van der Waals surface area contributed by atoms with Crippen LogP contribution in [0.25, 0.3) is 10.9 Å². The summed E-state index contributed by atoms with van der Waals surface area (Å²) in [5, 5.41) is 10.2. The number of aromatic nitrogens is 2. The second-order valence-corrected chi connectivity index (χ2v) is 8.99. The smallest absolute Gasteiger partial charge is 0.303 e. The van der Waals surface area contributed by atoms with Gasteiger partial charge in [0.2, 0.25) is 0 Å². The first-order chi connectivity index (χ1) is 17.0. The van der Waals surface area contributed by atoms with Gasteiger partial charge in [-0.1, -0.05) is 12.0 Å². The fourth-order valence-electron chi connectivity index (χ4n) is 4.88. The molecule has 0 bridgehead atoms. The molecule has 0 unspecified atom stereocenters. The molecule has 6 nitrogen and oxygen atoms in total. The molecule has 0 spiro atoms. The maximum absolute atomic E-state index is 15.4. The van der Waals surface area contributed by atoms with Crippen LogP contribution in [0, 0.1) is 23.7 Å². The zero-order chi connectivity index (χ0) is 24.6. The molecular weight excluding hydrogens is 445 g/mol. The number of hydrogen-bond donors (Lipinski definition) is 1. The molecule has 3 atom stereocenters. The average molecular weight is 476 g/mol. The van der Waals surface area contributed by atoms with Crippen molar-refractivity contribution in [3.8, 4) is 17.6 Å². The Kier molecular flexibility index (Phi) is 8.27. The van der Waals surface area contributed by atoms with E-state index < -0.39 is 12.1 Å². The summed E-state index contributed by atoms with van der Waals surface area (Å²) in [7, 11) is 1.59. The number of ether oxygens (including phenoxy) is 1. The molecule has 1 N–H and O–H groups in total. The summed E-state index contributed by atoms with van der Waals surface area (Å²) in [5.41, 5.74) is 2.06. The highest BCUT2D eigenvalue weighted by Gasteiger charge is 2.31. The zero-order valence-corrected chi connectivity index (χ0v) is 19.9. The lowest BCUT2D eigenvalue weighted by molar-refractivity contribution is -0.139. The molecule has 35 heavy (non-hydrogen) atoms. The number of fused-ring (bicyclic) bond motifs is 1. The lowest BCUT2D eigenvalue weighted by atomic mass is 9.79. The first-order valence-corrected chi connectivity index (χ1v) is 11.9. The molecule has 0 amide bonds. The number of rotatable bonds is 8. The Morgan fingerprint density at radius 3 is 2.89 bits per heavy atom. The number of carbonyl (C=O) groups is 1. The van der Waals surface area contributed by atoms with E-state index in [2.05, 4.69) is 26.7 Å². The van der Waals surface area contributed by atoms with Crippen molar-refractivity contribution in [3.05, 3.63) is 66.1 Å². The maximum Gasteiger partial charge on any atom is 0.303 e. The third-order valence-electron chi connectivity index (χ3n) is 6.71. The number of aliphatic carboxylic acids is 1. The Hall–Kier alpha value is -3.50. The third kappa shape index (κ3) is 6.55. The second-order valence-electron chi connectivity index (χ2n) is 8.99. The SMILES string of the molecule is COc1ccc2nccc([C@H](F)CC[C@@H]3CCN(CC#Cc4ccccn4)C[C@@H]3CC(=O)O)c2c1. The van der Waals surface area contributed by atoms with E-state index >= 15 is 4.39 Å². The number of halogens is 1. The molecule has 182 valence electrons. The summed E-state index contributed by atoms with van der Waals surface area (Å²) in [5.74, 6) is 6.19. The summed E-state index contributed by atoms with van der Waals surface area (Å²) in [6.45, 7) is 2.04. The van der Waals surface area contributed by atoms with Crippen molar-refractivity contribution in [1.82, 2.24) is 14.9 Å². The largest absolute Gasteiger partial charge is 0.497 e. The molecule has 0 aliphatic carbocycles. The van der Waals surface area contributed by atoms with Gasteiger partial charge in [0.05, 0.1) is 19.2 Å². The van der Waals surface area contributed by atoms with Crippen LogP contribution < -0.4 is 4.74 Å². The first-order valence-electron chi connectivity index (χ1n) is 11.9. The van der Waals surface area contributed by atoms with Crippen LogP contribution in [-0.2, 0) is 4.79 Å². The summed E-state index contributed by atoms with van der Waals surface area (Å²) < 4.78 is 20.7. The lowest BCUT2D eigenvalue weighted by Crippen LogP contribution is -2.41. The number of hydrogen-bond acceptors (Lipinski definition) is 5. The predicted molar refractivity (Wildman–Crippen MR) is 133 cm³/mol. The minimum atomic E-state index is -1.15. The van der Waals surface area contributed by atoms with E-state index in [-0.39, 0.29) is 18.3 Å². The maximum atomic E-state index is 15.4. The topological polar surface area (TPSA) is 75.5 Å². The molecule has 7 heteroatoms. The van der Waals surface area contributed by atoms with Crippen LogP contribution in [0.4, 0.5) is 4.39 Å². The van der Waals surface area contributed by atoms with Crippen LogP contribution in [0.5, 0.6) is 5.75 Å². The summed E-state index contributed by atoms with van der Waals surface area (Å²) >= 11 is 0. The molecule has 3 heterocycles. The molecule has 1 saturated heterocycles. The number of likely N-dealkylation sites (tertiary alicyclic amines) is 1. The normalized spacial score (nSPS) is 19.0. The molecule has 1 fully saturated rings. The van der Waals surface area contributed by atoms with Gasteiger partial charge in [0.15, 0.2) is 0 Å². The highest BCUT2D eigenvalue weighted by molar-refractivity contribution is 5.83. The van der Waals surface area contributed by atoms with Crippen molar-refractivity contribution in [1.29, 1.82) is 0 Å². The molecule has 4 rings (SSSR count). The Morgan fingerprint density at radius 2 is 2.11 bits per heavy atom. The molecule has 0 saturated carbocycles. The Balaban J connectivity index is 1.39. The fourth-order valence-corrected chi connectivity index (χ4v) is 4.88. The van der Waals surface area contributed by atoms with Gasteiger partial charge in [0.25, 0.3) is 0 Å². The predicted octanol–water partition coefficient (Wildman–Crippen LogP) is 4.89. The van der Waals surface area contributed by atoms with Crippen molar-refractivity contribution in [2.24, 2.45) is 11.8 Å². The van der Waals surface area contributed by atoms with Crippen LogP contribution in [0.3, 0.4) is 0 Å². The Bertz CT molecular complexity index is 1210. The van der Waals surface area contributed by atoms with Crippen molar-refractivity contribution < 1.29 is 19.0 Å². The summed E-state index contributed by atoms with van der Waals surface area (Å²) in [6, 6.07) is 12.8. The number of nitrogens with zero attached hydrogens (tertiary/aromatic N) is 3. The van der Waals surface area contributed by atoms with Gasteiger partial charge in [-0.2, -0.15) is 0 Å². The van der Waals surface area contributed by atoms with Gasteiger partial charge in [-0.15, -0.1) is 0 Å². The van der Waals surface area contributed by atoms with E-state index in [0.29, 0.717) is 37.2 Å². The van der Waals surface area contributed by atoms with E-state index in [1.807, 2.05) is 36.4 Å². The van der Waals surface area contributed by atoms with E-state index in [0.717, 1.165) is 29.6 Å². The Morgan fingerprint density at radius 1 is 1.23 bits per heavy atom. The summed E-state index contributed by atoms with van der Waals surface area (Å²) in [4.78, 5) is 22.3. The van der Waals surface area contributed by atoms with Crippen molar-refractivity contribution in [2.75, 3.05) is 26.7 Å². The van der Waals surface area contributed by atoms with Gasteiger partial charge >= 0.3 is 5.97 Å². The van der Waals surface area contributed by atoms with E-state index in [1.54, 1.807) is 25.6 Å². The molecule has 0 radical (unpaired) electrons. The van der Waals surface area contributed by atoms with Crippen molar-refractivity contribution >= 4 is 16.9 Å². The minimum absolute atomic E-state index is 0.0284. The van der Waals surface area contributed by atoms with Gasteiger partial charge in [0, 0.05) is 30.7 Å². The molecule has 2 aromatic heterocycles. The number of methoxy groups -OCH3 is 1. The van der Waals surface area contributed by atoms with Crippen LogP contribution in [-0.4, -0.2) is 52.7 Å². The number of benzene rings is 1. The molecule has 1 aromatic carbocycles. The summed E-state index contributed by atoms with van der Waals surface area (Å²) in [6.07, 6.45) is 4.09. The van der Waals surface area contributed by atoms with Crippen molar-refractivity contribution in [2.45, 2.75) is 31.9 Å². The highest BCUT2D eigenvalue weighted by Crippen LogP contribution is 2.36. The fraction of sp³-hybridized carbons (Fsp3) is 0.393. The standard InChI is InChI=1S/C28H30FN3O3/c1-35-23-8-10-27-25(18-23)24(11-14-31-27)26(29)9-7-20-12-16-32(19-21(20)17-28(33)34)15-4-6-22-5-2-3-13-30-22/h2-3,5,8,10-11,13-14,18,20-21,26H,7,9,12,15-17,19H2,1H3,(H,33,34)/t20-,21+,26-/m1/s1. The quantitative estimate of drug-likeness (QED) is 0.468. The first kappa shape index (κ1) is 24.6. The monoisotopic (exact) mass is 475 g/mol. The number of alkyl halides is 1. The van der Waals surface area contributed by atoms with Crippen LogP contribution in [0.15, 0.2) is 54.9 Å². The number of carboxylic acid groups (broad SMARTS) is 1. The second kappa shape index (κ2) is 11.8. The lowest BCUT2D eigenvalue weighted by Gasteiger charge is -2.37. The Labute approximate surface area is 205 Å². The van der Waals surface area contributed by atoms with Gasteiger partial charge in [-0.25, -0.2) is 9.37 Å². The molecular formula is C28H30FN3O3. The van der Waals surface area contributed by atoms with Gasteiger partial charge < -0.3 is 9.84 Å². The van der Waals surface area contributed by atoms with Gasteiger partial charge in [-0.05, 0) is 85.5 Å². The van der Waals surface area contributed by atoms with Gasteiger partial charge in [0.1, 0.15) is 17.6 Å².